The van der Waals surface area contributed by atoms with Crippen LogP contribution in [0.1, 0.15) is 35.8 Å². The first kappa shape index (κ1) is 24.3. The van der Waals surface area contributed by atoms with Crippen molar-refractivity contribution in [2.24, 2.45) is 5.92 Å². The van der Waals surface area contributed by atoms with Crippen LogP contribution >= 0.6 is 0 Å². The summed E-state index contributed by atoms with van der Waals surface area (Å²) in [6, 6.07) is 13.3. The monoisotopic (exact) mass is 450 g/mol. The summed E-state index contributed by atoms with van der Waals surface area (Å²) < 4.78 is 11.0. The predicted molar refractivity (Wildman–Crippen MR) is 132 cm³/mol. The van der Waals surface area contributed by atoms with Gasteiger partial charge in [-0.1, -0.05) is 36.9 Å². The number of hydrogen-bond acceptors (Lipinski definition) is 6. The molecule has 7 heteroatoms. The molecule has 0 saturated carbocycles. The molecule has 1 fully saturated rings. The molecule has 1 aliphatic rings. The number of hydrogen-bond donors (Lipinski definition) is 2. The number of methoxy groups -OCH3 is 1. The number of anilines is 1. The summed E-state index contributed by atoms with van der Waals surface area (Å²) in [5.74, 6) is 1.46. The van der Waals surface area contributed by atoms with E-state index in [1.807, 2.05) is 43.3 Å². The van der Waals surface area contributed by atoms with Crippen molar-refractivity contribution in [1.29, 1.82) is 0 Å². The van der Waals surface area contributed by atoms with Crippen molar-refractivity contribution < 1.29 is 14.3 Å². The maximum absolute atomic E-state index is 12.5. The van der Waals surface area contributed by atoms with Crippen molar-refractivity contribution >= 4 is 17.2 Å². The standard InChI is InChI=1S/C26H34N4O3/c1-4-33-25-16-22(27)15-24(29-25)26(31)28-17-20-10-12-30(13-11-20)18-23(32-3)14-19(2)21-8-6-5-7-9-21/h5-9,14-16,20H,2,4,10-13,17-18H2,1,3H3,(H2,27,29)(H,28,31)/b23-14-. The molecule has 2 aromatic rings. The van der Waals surface area contributed by atoms with Gasteiger partial charge in [0.25, 0.3) is 5.91 Å². The molecule has 0 spiro atoms. The minimum absolute atomic E-state index is 0.227. The van der Waals surface area contributed by atoms with E-state index in [0.717, 1.165) is 49.4 Å². The minimum atomic E-state index is -0.227. The van der Waals surface area contributed by atoms with E-state index in [9.17, 15) is 4.79 Å². The van der Waals surface area contributed by atoms with E-state index in [1.165, 1.54) is 0 Å². The van der Waals surface area contributed by atoms with Gasteiger partial charge in [-0.05, 0) is 62.1 Å². The lowest BCUT2D eigenvalue weighted by Gasteiger charge is -2.32. The Morgan fingerprint density at radius 3 is 2.67 bits per heavy atom. The first-order valence-corrected chi connectivity index (χ1v) is 11.4. The number of likely N-dealkylation sites (tertiary alicyclic amines) is 1. The maximum Gasteiger partial charge on any atom is 0.270 e. The number of nitrogens with one attached hydrogen (secondary N) is 1. The highest BCUT2D eigenvalue weighted by Gasteiger charge is 2.21. The SMILES string of the molecule is C=C(/C=C(/CN1CCC(CNC(=O)c2cc(N)cc(OCC)n2)CC1)OC)c1ccccc1. The highest BCUT2D eigenvalue weighted by molar-refractivity contribution is 5.93. The smallest absolute Gasteiger partial charge is 0.270 e. The Morgan fingerprint density at radius 2 is 2.00 bits per heavy atom. The normalized spacial score (nSPS) is 15.2. The number of nitrogens with zero attached hydrogens (tertiary/aromatic N) is 2. The molecule has 1 saturated heterocycles. The number of aromatic nitrogens is 1. The molecule has 2 heterocycles. The van der Waals surface area contributed by atoms with Crippen LogP contribution in [0.5, 0.6) is 5.88 Å². The highest BCUT2D eigenvalue weighted by atomic mass is 16.5. The lowest BCUT2D eigenvalue weighted by Crippen LogP contribution is -2.39. The van der Waals surface area contributed by atoms with Gasteiger partial charge in [0.15, 0.2) is 0 Å². The van der Waals surface area contributed by atoms with Gasteiger partial charge in [-0.15, -0.1) is 0 Å². The van der Waals surface area contributed by atoms with Crippen LogP contribution in [0.4, 0.5) is 5.69 Å². The van der Waals surface area contributed by atoms with Crippen LogP contribution in [0.25, 0.3) is 5.57 Å². The molecular formula is C26H34N4O3. The summed E-state index contributed by atoms with van der Waals surface area (Å²) >= 11 is 0. The minimum Gasteiger partial charge on any atom is -0.500 e. The summed E-state index contributed by atoms with van der Waals surface area (Å²) in [4.78, 5) is 19.1. The van der Waals surface area contributed by atoms with Gasteiger partial charge >= 0.3 is 0 Å². The molecule has 7 nitrogen and oxygen atoms in total. The van der Waals surface area contributed by atoms with Crippen molar-refractivity contribution in [2.45, 2.75) is 19.8 Å². The number of rotatable bonds is 10. The lowest BCUT2D eigenvalue weighted by molar-refractivity contribution is 0.0929. The summed E-state index contributed by atoms with van der Waals surface area (Å²) in [5.41, 5.74) is 8.64. The zero-order chi connectivity index (χ0) is 23.6. The fraction of sp³-hybridized carbons (Fsp3) is 0.385. The topological polar surface area (TPSA) is 89.7 Å². The molecule has 0 atom stereocenters. The third kappa shape index (κ3) is 7.36. The third-order valence-corrected chi connectivity index (χ3v) is 5.73. The summed E-state index contributed by atoms with van der Waals surface area (Å²) in [6.45, 7) is 9.76. The summed E-state index contributed by atoms with van der Waals surface area (Å²) in [5, 5.41) is 3.00. The second-order valence-electron chi connectivity index (χ2n) is 8.19. The van der Waals surface area contributed by atoms with E-state index in [1.54, 1.807) is 19.2 Å². The van der Waals surface area contributed by atoms with Gasteiger partial charge in [-0.25, -0.2) is 4.98 Å². The number of nitrogen functional groups attached to an aromatic ring is 1. The van der Waals surface area contributed by atoms with E-state index in [2.05, 4.69) is 21.8 Å². The zero-order valence-corrected chi connectivity index (χ0v) is 19.5. The number of nitrogens with two attached hydrogens (primary N) is 1. The number of benzene rings is 1. The molecular weight excluding hydrogens is 416 g/mol. The molecule has 0 bridgehead atoms. The van der Waals surface area contributed by atoms with Crippen molar-refractivity contribution in [3.05, 3.63) is 72.1 Å². The average molecular weight is 451 g/mol. The second kappa shape index (κ2) is 12.1. The molecule has 0 aliphatic carbocycles. The fourth-order valence-electron chi connectivity index (χ4n) is 3.86. The number of carbonyl (C=O) groups excluding carboxylic acids is 1. The molecule has 0 unspecified atom stereocenters. The predicted octanol–water partition coefficient (Wildman–Crippen LogP) is 3.75. The van der Waals surface area contributed by atoms with E-state index >= 15 is 0 Å². The van der Waals surface area contributed by atoms with Crippen LogP contribution in [0.2, 0.25) is 0 Å². The Morgan fingerprint density at radius 1 is 1.27 bits per heavy atom. The molecule has 1 amide bonds. The lowest BCUT2D eigenvalue weighted by atomic mass is 9.96. The second-order valence-corrected chi connectivity index (χ2v) is 8.19. The Hall–Kier alpha value is -3.32. The van der Waals surface area contributed by atoms with Crippen molar-refractivity contribution in [3.63, 3.8) is 0 Å². The molecule has 176 valence electrons. The number of carbonyl (C=O) groups is 1. The van der Waals surface area contributed by atoms with Crippen LogP contribution in [-0.2, 0) is 4.74 Å². The fourth-order valence-corrected chi connectivity index (χ4v) is 3.86. The van der Waals surface area contributed by atoms with E-state index in [0.29, 0.717) is 30.6 Å². The molecule has 0 radical (unpaired) electrons. The van der Waals surface area contributed by atoms with Gasteiger partial charge < -0.3 is 20.5 Å². The van der Waals surface area contributed by atoms with Crippen LogP contribution in [0.3, 0.4) is 0 Å². The summed E-state index contributed by atoms with van der Waals surface area (Å²) in [7, 11) is 1.70. The van der Waals surface area contributed by atoms with E-state index in [-0.39, 0.29) is 11.6 Å². The van der Waals surface area contributed by atoms with Crippen molar-refractivity contribution in [2.75, 3.05) is 45.6 Å². The Bertz CT molecular complexity index is 967. The van der Waals surface area contributed by atoms with Gasteiger partial charge in [-0.3, -0.25) is 9.69 Å². The number of amides is 1. The number of pyridine rings is 1. The van der Waals surface area contributed by atoms with Gasteiger partial charge in [0.05, 0.1) is 20.3 Å². The number of ether oxygens (including phenoxy) is 2. The Labute approximate surface area is 196 Å². The maximum atomic E-state index is 12.5. The van der Waals surface area contributed by atoms with E-state index < -0.39 is 0 Å². The van der Waals surface area contributed by atoms with Gasteiger partial charge in [-0.2, -0.15) is 0 Å². The molecule has 1 aliphatic heterocycles. The summed E-state index contributed by atoms with van der Waals surface area (Å²) in [6.07, 6.45) is 4.02. The average Bonchev–Trinajstić information content (AvgIpc) is 2.83. The highest BCUT2D eigenvalue weighted by Crippen LogP contribution is 2.20. The first-order valence-electron chi connectivity index (χ1n) is 11.4. The van der Waals surface area contributed by atoms with Crippen molar-refractivity contribution in [3.8, 4) is 5.88 Å². The van der Waals surface area contributed by atoms with Crippen molar-refractivity contribution in [1.82, 2.24) is 15.2 Å². The van der Waals surface area contributed by atoms with Gasteiger partial charge in [0.2, 0.25) is 5.88 Å². The molecule has 1 aromatic heterocycles. The number of piperidine rings is 1. The van der Waals surface area contributed by atoms with Crippen LogP contribution < -0.4 is 15.8 Å². The third-order valence-electron chi connectivity index (χ3n) is 5.73. The van der Waals surface area contributed by atoms with Crippen LogP contribution in [0, 0.1) is 5.92 Å². The largest absolute Gasteiger partial charge is 0.500 e. The molecule has 1 aromatic carbocycles. The Kier molecular flexibility index (Phi) is 8.89. The van der Waals surface area contributed by atoms with Gasteiger partial charge in [0, 0.05) is 18.3 Å². The van der Waals surface area contributed by atoms with Gasteiger partial charge in [0.1, 0.15) is 11.5 Å². The Balaban J connectivity index is 1.46. The molecule has 33 heavy (non-hydrogen) atoms. The van der Waals surface area contributed by atoms with Crippen LogP contribution in [0.15, 0.2) is 60.9 Å². The first-order chi connectivity index (χ1) is 16.0. The van der Waals surface area contributed by atoms with Crippen LogP contribution in [-0.4, -0.2) is 55.7 Å². The van der Waals surface area contributed by atoms with E-state index in [4.69, 9.17) is 15.2 Å². The molecule has 3 rings (SSSR count). The quantitative estimate of drug-likeness (QED) is 0.423. The zero-order valence-electron chi connectivity index (χ0n) is 19.5. The number of allylic oxidation sites excluding steroid dienone is 2. The molecule has 3 N–H and O–H groups in total.